The van der Waals surface area contributed by atoms with E-state index in [2.05, 4.69) is 10.3 Å². The molecule has 1 amide bonds. The zero-order chi connectivity index (χ0) is 20.7. The average Bonchev–Trinajstić information content (AvgIpc) is 2.71. The van der Waals surface area contributed by atoms with E-state index < -0.39 is 5.25 Å². The summed E-state index contributed by atoms with van der Waals surface area (Å²) in [6.07, 6.45) is 0. The molecule has 1 aromatic heterocycles. The van der Waals surface area contributed by atoms with Crippen LogP contribution in [0.5, 0.6) is 11.5 Å². The van der Waals surface area contributed by atoms with Gasteiger partial charge in [0.25, 0.3) is 5.82 Å². The standard InChI is InChI=1S/C19H19N5O3S/c1-11(28-19-14(9-21)7-13(8-20)17(22)24-19)18(25)23-10-12-4-5-15(26-2)16(6-12)27-3/h4-7,11H,10H2,1-3H3,(H2,22,24)(H,23,25)/p+1/t11-/m1/s1. The van der Waals surface area contributed by atoms with E-state index in [1.807, 2.05) is 18.2 Å². The van der Waals surface area contributed by atoms with Gasteiger partial charge in [0, 0.05) is 6.54 Å². The lowest BCUT2D eigenvalue weighted by Gasteiger charge is -2.13. The first-order valence-corrected chi connectivity index (χ1v) is 9.12. The summed E-state index contributed by atoms with van der Waals surface area (Å²) in [5.74, 6) is 1.14. The van der Waals surface area contributed by atoms with E-state index in [-0.39, 0.29) is 22.9 Å². The molecule has 0 unspecified atom stereocenters. The Bertz CT molecular complexity index is 965. The Hall–Kier alpha value is -3.43. The number of carbonyl (C=O) groups is 1. The number of nitrogens with zero attached hydrogens (tertiary/aromatic N) is 2. The monoisotopic (exact) mass is 398 g/mol. The number of H-pyrrole nitrogens is 1. The summed E-state index contributed by atoms with van der Waals surface area (Å²) >= 11 is 1.16. The summed E-state index contributed by atoms with van der Waals surface area (Å²) in [4.78, 5) is 15.3. The molecule has 28 heavy (non-hydrogen) atoms. The average molecular weight is 398 g/mol. The number of methoxy groups -OCH3 is 2. The molecule has 1 atom stereocenters. The fraction of sp³-hybridized carbons (Fsp3) is 0.263. The van der Waals surface area contributed by atoms with Crippen LogP contribution in [0.3, 0.4) is 0 Å². The van der Waals surface area contributed by atoms with Crippen molar-refractivity contribution in [2.45, 2.75) is 23.7 Å². The summed E-state index contributed by atoms with van der Waals surface area (Å²) in [5.41, 5.74) is 7.07. The van der Waals surface area contributed by atoms with E-state index in [4.69, 9.17) is 20.5 Å². The van der Waals surface area contributed by atoms with Crippen molar-refractivity contribution >= 4 is 23.5 Å². The predicted molar refractivity (Wildman–Crippen MR) is 104 cm³/mol. The first-order chi connectivity index (χ1) is 13.4. The van der Waals surface area contributed by atoms with Gasteiger partial charge in [-0.25, -0.2) is 4.98 Å². The van der Waals surface area contributed by atoms with E-state index in [0.717, 1.165) is 17.3 Å². The Morgan fingerprint density at radius 1 is 1.21 bits per heavy atom. The molecule has 2 rings (SSSR count). The third-order valence-corrected chi connectivity index (χ3v) is 5.02. The molecule has 4 N–H and O–H groups in total. The molecule has 0 saturated heterocycles. The zero-order valence-corrected chi connectivity index (χ0v) is 16.5. The summed E-state index contributed by atoms with van der Waals surface area (Å²) in [7, 11) is 3.10. The Labute approximate surface area is 167 Å². The summed E-state index contributed by atoms with van der Waals surface area (Å²) in [6.45, 7) is 2.03. The maximum atomic E-state index is 12.4. The number of anilines is 1. The van der Waals surface area contributed by atoms with Gasteiger partial charge < -0.3 is 14.8 Å². The number of carbonyl (C=O) groups excluding carboxylic acids is 1. The lowest BCUT2D eigenvalue weighted by atomic mass is 10.2. The lowest BCUT2D eigenvalue weighted by molar-refractivity contribution is -0.410. The van der Waals surface area contributed by atoms with Crippen molar-refractivity contribution in [2.75, 3.05) is 20.0 Å². The molecule has 0 aliphatic carbocycles. The number of pyridine rings is 1. The number of benzene rings is 1. The maximum Gasteiger partial charge on any atom is 0.289 e. The molecule has 0 spiro atoms. The topological polar surface area (TPSA) is 135 Å². The molecule has 144 valence electrons. The number of nitrogens with two attached hydrogens (primary N) is 1. The first-order valence-electron chi connectivity index (χ1n) is 8.24. The van der Waals surface area contributed by atoms with E-state index in [9.17, 15) is 10.1 Å². The molecular formula is C19H20N5O3S+. The number of hydrogen-bond donors (Lipinski definition) is 2. The summed E-state index contributed by atoms with van der Waals surface area (Å²) < 4.78 is 10.4. The fourth-order valence-electron chi connectivity index (χ4n) is 2.37. The molecule has 0 fully saturated rings. The molecule has 2 aromatic rings. The Morgan fingerprint density at radius 3 is 2.50 bits per heavy atom. The van der Waals surface area contributed by atoms with Crippen LogP contribution in [-0.2, 0) is 11.3 Å². The number of nitrogen functional groups attached to an aromatic ring is 1. The second kappa shape index (κ2) is 9.49. The zero-order valence-electron chi connectivity index (χ0n) is 15.7. The van der Waals surface area contributed by atoms with Crippen LogP contribution < -0.4 is 25.5 Å². The Morgan fingerprint density at radius 2 is 1.89 bits per heavy atom. The molecule has 0 saturated carbocycles. The van der Waals surface area contributed by atoms with Crippen molar-refractivity contribution in [3.05, 3.63) is 41.0 Å². The van der Waals surface area contributed by atoms with Crippen molar-refractivity contribution < 1.29 is 19.3 Å². The van der Waals surface area contributed by atoms with Crippen LogP contribution in [0.25, 0.3) is 0 Å². The number of nitrogens with one attached hydrogen (secondary N) is 2. The molecular weight excluding hydrogens is 378 g/mol. The van der Waals surface area contributed by atoms with Gasteiger partial charge in [-0.05, 0) is 30.7 Å². The molecule has 1 aromatic carbocycles. The number of hydrogen-bond acceptors (Lipinski definition) is 7. The predicted octanol–water partition coefficient (Wildman–Crippen LogP) is 1.64. The highest BCUT2D eigenvalue weighted by Crippen LogP contribution is 2.28. The van der Waals surface area contributed by atoms with Crippen LogP contribution >= 0.6 is 11.8 Å². The van der Waals surface area contributed by atoms with Crippen molar-refractivity contribution in [3.8, 4) is 23.6 Å². The lowest BCUT2D eigenvalue weighted by Crippen LogP contribution is -2.31. The van der Waals surface area contributed by atoms with Crippen LogP contribution in [0.2, 0.25) is 0 Å². The van der Waals surface area contributed by atoms with Crippen molar-refractivity contribution in [1.82, 2.24) is 5.32 Å². The molecule has 0 aliphatic rings. The van der Waals surface area contributed by atoms with E-state index in [1.54, 1.807) is 33.3 Å². The van der Waals surface area contributed by atoms with Gasteiger partial charge in [0.05, 0.1) is 19.5 Å². The number of aromatic nitrogens is 1. The van der Waals surface area contributed by atoms with Crippen LogP contribution in [0.15, 0.2) is 29.3 Å². The maximum absolute atomic E-state index is 12.4. The van der Waals surface area contributed by atoms with Crippen LogP contribution in [0, 0.1) is 22.7 Å². The van der Waals surface area contributed by atoms with Gasteiger partial charge in [0.15, 0.2) is 16.5 Å². The van der Waals surface area contributed by atoms with Gasteiger partial charge in [-0.3, -0.25) is 10.5 Å². The van der Waals surface area contributed by atoms with E-state index >= 15 is 0 Å². The minimum Gasteiger partial charge on any atom is -0.493 e. The molecule has 0 bridgehead atoms. The Kier molecular flexibility index (Phi) is 7.08. The number of ether oxygens (including phenoxy) is 2. The number of rotatable bonds is 7. The smallest absolute Gasteiger partial charge is 0.289 e. The van der Waals surface area contributed by atoms with Gasteiger partial charge in [-0.15, -0.1) is 0 Å². The largest absolute Gasteiger partial charge is 0.493 e. The number of aromatic amines is 1. The summed E-state index contributed by atoms with van der Waals surface area (Å²) in [6, 6.07) is 10.7. The second-order valence-electron chi connectivity index (χ2n) is 5.73. The second-order valence-corrected chi connectivity index (χ2v) is 7.08. The van der Waals surface area contributed by atoms with Crippen LogP contribution in [-0.4, -0.2) is 25.4 Å². The fourth-order valence-corrected chi connectivity index (χ4v) is 3.31. The Balaban J connectivity index is 2.05. The highest BCUT2D eigenvalue weighted by atomic mass is 32.2. The SMILES string of the molecule is COc1ccc(CNC(=O)[C@@H](C)Sc2[nH+]c(N)c(C#N)cc2C#N)cc1OC. The number of amides is 1. The molecule has 8 nitrogen and oxygen atoms in total. The van der Waals surface area contributed by atoms with Crippen LogP contribution in [0.1, 0.15) is 23.6 Å². The molecule has 9 heteroatoms. The molecule has 0 radical (unpaired) electrons. The third-order valence-electron chi connectivity index (χ3n) is 3.89. The van der Waals surface area contributed by atoms with Gasteiger partial charge in [0.1, 0.15) is 23.3 Å². The van der Waals surface area contributed by atoms with Gasteiger partial charge in [-0.2, -0.15) is 10.5 Å². The minimum absolute atomic E-state index is 0.155. The van der Waals surface area contributed by atoms with E-state index in [0.29, 0.717) is 23.1 Å². The normalized spacial score (nSPS) is 11.0. The third kappa shape index (κ3) is 4.84. The minimum atomic E-state index is -0.490. The highest BCUT2D eigenvalue weighted by molar-refractivity contribution is 8.00. The van der Waals surface area contributed by atoms with Crippen molar-refractivity contribution in [2.24, 2.45) is 0 Å². The van der Waals surface area contributed by atoms with E-state index in [1.165, 1.54) is 6.07 Å². The molecule has 1 heterocycles. The van der Waals surface area contributed by atoms with Crippen molar-refractivity contribution in [3.63, 3.8) is 0 Å². The summed E-state index contributed by atoms with van der Waals surface area (Å²) in [5, 5.41) is 21.1. The number of nitriles is 2. The number of thioether (sulfide) groups is 1. The van der Waals surface area contributed by atoms with Gasteiger partial charge in [-0.1, -0.05) is 17.8 Å². The highest BCUT2D eigenvalue weighted by Gasteiger charge is 2.21. The quantitative estimate of drug-likeness (QED) is 0.677. The molecule has 0 aliphatic heterocycles. The first kappa shape index (κ1) is 20.9. The van der Waals surface area contributed by atoms with Crippen LogP contribution in [0.4, 0.5) is 5.82 Å². The van der Waals surface area contributed by atoms with Gasteiger partial charge in [0.2, 0.25) is 5.91 Å². The van der Waals surface area contributed by atoms with Gasteiger partial charge >= 0.3 is 0 Å². The van der Waals surface area contributed by atoms with Crippen molar-refractivity contribution in [1.29, 1.82) is 10.5 Å².